The fourth-order valence-corrected chi connectivity index (χ4v) is 1.82. The van der Waals surface area contributed by atoms with E-state index in [0.717, 1.165) is 11.4 Å². The molecule has 1 aliphatic heterocycles. The average molecular weight is 216 g/mol. The van der Waals surface area contributed by atoms with Crippen molar-refractivity contribution in [3.8, 4) is 11.8 Å². The molecule has 0 aliphatic carbocycles. The summed E-state index contributed by atoms with van der Waals surface area (Å²) in [4.78, 5) is 13.4. The van der Waals surface area contributed by atoms with Crippen LogP contribution in [0.1, 0.15) is 6.42 Å². The number of carbonyl (C=O) groups is 1. The number of carbonyl (C=O) groups excluding carboxylic acids is 1. The molecule has 0 N–H and O–H groups in total. The molecule has 1 fully saturated rings. The maximum atomic E-state index is 11.8. The van der Waals surface area contributed by atoms with Crippen LogP contribution in [0.2, 0.25) is 0 Å². The highest BCUT2D eigenvalue weighted by atomic mass is 16.5. The normalized spacial score (nSPS) is 19.6. The molecule has 1 aromatic rings. The zero-order chi connectivity index (χ0) is 11.5. The third kappa shape index (κ3) is 1.72. The minimum atomic E-state index is -0.484. The molecule has 1 aliphatic rings. The molecule has 0 spiro atoms. The molecule has 0 radical (unpaired) electrons. The molecule has 1 amide bonds. The number of hydrogen-bond acceptors (Lipinski definition) is 3. The number of amides is 1. The first kappa shape index (κ1) is 10.5. The average Bonchev–Trinajstić information content (AvgIpc) is 2.70. The van der Waals surface area contributed by atoms with Gasteiger partial charge in [0.2, 0.25) is 5.91 Å². The lowest BCUT2D eigenvalue weighted by Crippen LogP contribution is -2.26. The van der Waals surface area contributed by atoms with E-state index in [1.165, 1.54) is 0 Å². The quantitative estimate of drug-likeness (QED) is 0.754. The number of methoxy groups -OCH3 is 1. The minimum absolute atomic E-state index is 0.104. The second-order valence-electron chi connectivity index (χ2n) is 3.66. The maximum absolute atomic E-state index is 11.8. The molecule has 0 unspecified atom stereocenters. The van der Waals surface area contributed by atoms with E-state index in [0.29, 0.717) is 13.0 Å². The van der Waals surface area contributed by atoms with Crippen molar-refractivity contribution in [3.63, 3.8) is 0 Å². The Morgan fingerprint density at radius 1 is 1.44 bits per heavy atom. The summed E-state index contributed by atoms with van der Waals surface area (Å²) in [5, 5.41) is 8.77. The summed E-state index contributed by atoms with van der Waals surface area (Å²) in [7, 11) is 1.60. The third-order valence-corrected chi connectivity index (χ3v) is 2.75. The molecular weight excluding hydrogens is 204 g/mol. The Kier molecular flexibility index (Phi) is 2.78. The van der Waals surface area contributed by atoms with Crippen LogP contribution in [0.5, 0.6) is 5.75 Å². The van der Waals surface area contributed by atoms with Crippen molar-refractivity contribution in [3.05, 3.63) is 24.3 Å². The van der Waals surface area contributed by atoms with E-state index >= 15 is 0 Å². The first-order valence-corrected chi connectivity index (χ1v) is 5.11. The van der Waals surface area contributed by atoms with Crippen molar-refractivity contribution in [2.75, 3.05) is 18.6 Å². The summed E-state index contributed by atoms with van der Waals surface area (Å²) in [6.45, 7) is 0.614. The molecule has 1 atom stereocenters. The van der Waals surface area contributed by atoms with Crippen LogP contribution < -0.4 is 9.64 Å². The summed E-state index contributed by atoms with van der Waals surface area (Å²) >= 11 is 0. The highest BCUT2D eigenvalue weighted by Crippen LogP contribution is 2.26. The summed E-state index contributed by atoms with van der Waals surface area (Å²) in [5.74, 6) is 0.169. The van der Waals surface area contributed by atoms with Gasteiger partial charge in [0.25, 0.3) is 0 Å². The van der Waals surface area contributed by atoms with Gasteiger partial charge >= 0.3 is 0 Å². The first-order valence-electron chi connectivity index (χ1n) is 5.11. The van der Waals surface area contributed by atoms with Crippen LogP contribution >= 0.6 is 0 Å². The molecular formula is C12H12N2O2. The van der Waals surface area contributed by atoms with Crippen molar-refractivity contribution < 1.29 is 9.53 Å². The number of nitrogens with zero attached hydrogens (tertiary/aromatic N) is 2. The van der Waals surface area contributed by atoms with Crippen molar-refractivity contribution in [2.45, 2.75) is 6.42 Å². The van der Waals surface area contributed by atoms with Crippen molar-refractivity contribution in [1.29, 1.82) is 5.26 Å². The topological polar surface area (TPSA) is 53.3 Å². The lowest BCUT2D eigenvalue weighted by molar-refractivity contribution is -0.118. The largest absolute Gasteiger partial charge is 0.497 e. The zero-order valence-electron chi connectivity index (χ0n) is 9.01. The number of anilines is 1. The minimum Gasteiger partial charge on any atom is -0.497 e. The SMILES string of the molecule is COc1ccc(N2CC[C@H](C#N)C2=O)cc1. The lowest BCUT2D eigenvalue weighted by Gasteiger charge is -2.15. The van der Waals surface area contributed by atoms with Crippen LogP contribution in [0.25, 0.3) is 0 Å². The van der Waals surface area contributed by atoms with Gasteiger partial charge in [-0.05, 0) is 30.7 Å². The van der Waals surface area contributed by atoms with Gasteiger partial charge in [0.05, 0.1) is 13.2 Å². The van der Waals surface area contributed by atoms with Gasteiger partial charge < -0.3 is 9.64 Å². The Balaban J connectivity index is 2.20. The van der Waals surface area contributed by atoms with E-state index in [1.807, 2.05) is 30.3 Å². The number of hydrogen-bond donors (Lipinski definition) is 0. The summed E-state index contributed by atoms with van der Waals surface area (Å²) in [5.41, 5.74) is 0.823. The highest BCUT2D eigenvalue weighted by Gasteiger charge is 2.32. The number of benzene rings is 1. The molecule has 2 rings (SSSR count). The monoisotopic (exact) mass is 216 g/mol. The van der Waals surface area contributed by atoms with Gasteiger partial charge in [0.1, 0.15) is 11.7 Å². The second-order valence-corrected chi connectivity index (χ2v) is 3.66. The maximum Gasteiger partial charge on any atom is 0.244 e. The lowest BCUT2D eigenvalue weighted by atomic mass is 10.1. The van der Waals surface area contributed by atoms with E-state index in [-0.39, 0.29) is 5.91 Å². The van der Waals surface area contributed by atoms with Gasteiger partial charge in [-0.3, -0.25) is 4.79 Å². The first-order chi connectivity index (χ1) is 7.76. The molecule has 4 heteroatoms. The molecule has 0 aromatic heterocycles. The Hall–Kier alpha value is -2.02. The molecule has 16 heavy (non-hydrogen) atoms. The Morgan fingerprint density at radius 3 is 2.62 bits per heavy atom. The van der Waals surface area contributed by atoms with Crippen molar-refractivity contribution in [1.82, 2.24) is 0 Å². The molecule has 0 bridgehead atoms. The smallest absolute Gasteiger partial charge is 0.244 e. The van der Waals surface area contributed by atoms with Gasteiger partial charge in [0, 0.05) is 12.2 Å². The predicted molar refractivity (Wildman–Crippen MR) is 59.1 cm³/mol. The van der Waals surface area contributed by atoms with E-state index in [2.05, 4.69) is 0 Å². The van der Waals surface area contributed by atoms with E-state index in [1.54, 1.807) is 12.0 Å². The number of nitriles is 1. The van der Waals surface area contributed by atoms with Crippen LogP contribution in [0, 0.1) is 17.2 Å². The summed E-state index contributed by atoms with van der Waals surface area (Å²) in [6.07, 6.45) is 0.612. The van der Waals surface area contributed by atoms with Crippen LogP contribution in [0.15, 0.2) is 24.3 Å². The van der Waals surface area contributed by atoms with Gasteiger partial charge in [-0.25, -0.2) is 0 Å². The molecule has 0 saturated carbocycles. The molecule has 1 aromatic carbocycles. The Morgan fingerprint density at radius 2 is 2.12 bits per heavy atom. The van der Waals surface area contributed by atoms with Crippen LogP contribution in [-0.4, -0.2) is 19.6 Å². The molecule has 4 nitrogen and oxygen atoms in total. The van der Waals surface area contributed by atoms with Crippen LogP contribution in [0.3, 0.4) is 0 Å². The third-order valence-electron chi connectivity index (χ3n) is 2.75. The van der Waals surface area contributed by atoms with Gasteiger partial charge in [0.15, 0.2) is 0 Å². The molecule has 1 saturated heterocycles. The van der Waals surface area contributed by atoms with Gasteiger partial charge in [-0.15, -0.1) is 0 Å². The van der Waals surface area contributed by atoms with Crippen molar-refractivity contribution in [2.24, 2.45) is 5.92 Å². The number of rotatable bonds is 2. The number of ether oxygens (including phenoxy) is 1. The van der Waals surface area contributed by atoms with E-state index < -0.39 is 5.92 Å². The zero-order valence-corrected chi connectivity index (χ0v) is 9.01. The van der Waals surface area contributed by atoms with Gasteiger partial charge in [-0.1, -0.05) is 0 Å². The fourth-order valence-electron chi connectivity index (χ4n) is 1.82. The van der Waals surface area contributed by atoms with E-state index in [9.17, 15) is 4.79 Å². The van der Waals surface area contributed by atoms with Crippen LogP contribution in [-0.2, 0) is 4.79 Å². The van der Waals surface area contributed by atoms with Crippen LogP contribution in [0.4, 0.5) is 5.69 Å². The van der Waals surface area contributed by atoms with E-state index in [4.69, 9.17) is 10.00 Å². The standard InChI is InChI=1S/C12H12N2O2/c1-16-11-4-2-10(3-5-11)14-7-6-9(8-13)12(14)15/h2-5,9H,6-7H2,1H3/t9-/m1/s1. The van der Waals surface area contributed by atoms with Crippen molar-refractivity contribution >= 4 is 11.6 Å². The Bertz CT molecular complexity index is 433. The summed E-state index contributed by atoms with van der Waals surface area (Å²) in [6, 6.07) is 9.30. The molecule has 82 valence electrons. The second kappa shape index (κ2) is 4.23. The summed E-state index contributed by atoms with van der Waals surface area (Å²) < 4.78 is 5.05. The predicted octanol–water partition coefficient (Wildman–Crippen LogP) is 1.57. The highest BCUT2D eigenvalue weighted by molar-refractivity contribution is 5.98. The molecule has 1 heterocycles. The Labute approximate surface area is 94.0 Å². The fraction of sp³-hybridized carbons (Fsp3) is 0.333. The van der Waals surface area contributed by atoms with Gasteiger partial charge in [-0.2, -0.15) is 5.26 Å².